The molecule has 0 heterocycles. The van der Waals surface area contributed by atoms with Crippen LogP contribution in [0.2, 0.25) is 0 Å². The quantitative estimate of drug-likeness (QED) is 0.144. The molecule has 0 aliphatic rings. The molecule has 1 atom stereocenters. The number of nitrogens with zero attached hydrogens (tertiary/aromatic N) is 1. The van der Waals surface area contributed by atoms with Crippen molar-refractivity contribution in [1.29, 1.82) is 0 Å². The van der Waals surface area contributed by atoms with E-state index in [1.807, 2.05) is 0 Å². The van der Waals surface area contributed by atoms with Crippen LogP contribution in [0.3, 0.4) is 0 Å². The monoisotopic (exact) mass is 450 g/mol. The molecule has 0 aromatic rings. The molecule has 0 aliphatic heterocycles. The predicted octanol–water partition coefficient (Wildman–Crippen LogP) is 1.69. The van der Waals surface area contributed by atoms with Crippen molar-refractivity contribution in [3.05, 3.63) is 0 Å². The Hall–Kier alpha value is -1.26. The van der Waals surface area contributed by atoms with E-state index in [9.17, 15) is 9.59 Å². The molecule has 0 aromatic carbocycles. The molecule has 0 rings (SSSR count). The standard InChI is InChI=1S/C16H31NO4.C6H15NO3/c1-2-3-4-5-6-7-8-9-10-11-12-17-14(16(20)21)13-15(18)19;8-4-1-7(2-5-9)3-6-10/h14,17H,2-13H2,1H3,(H,18,19)(H,20,21);8-10H,1-6H2/t14-;/m0./s1. The third kappa shape index (κ3) is 24.9. The highest BCUT2D eigenvalue weighted by Crippen LogP contribution is 2.10. The molecule has 0 radical (unpaired) electrons. The Kier molecular flexibility index (Phi) is 25.7. The van der Waals surface area contributed by atoms with Gasteiger partial charge in [0.15, 0.2) is 0 Å². The third-order valence-electron chi connectivity index (χ3n) is 4.85. The van der Waals surface area contributed by atoms with Crippen molar-refractivity contribution >= 4 is 11.9 Å². The molecule has 0 amide bonds. The predicted molar refractivity (Wildman–Crippen MR) is 121 cm³/mol. The number of nitrogens with one attached hydrogen (secondary N) is 1. The lowest BCUT2D eigenvalue weighted by atomic mass is 10.1. The van der Waals surface area contributed by atoms with Crippen molar-refractivity contribution in [3.63, 3.8) is 0 Å². The van der Waals surface area contributed by atoms with E-state index in [4.69, 9.17) is 25.5 Å². The summed E-state index contributed by atoms with van der Waals surface area (Å²) in [4.78, 5) is 23.1. The van der Waals surface area contributed by atoms with Crippen LogP contribution in [-0.4, -0.2) is 94.4 Å². The molecule has 0 spiro atoms. The number of rotatable bonds is 21. The second-order valence-corrected chi connectivity index (χ2v) is 7.64. The first-order valence-electron chi connectivity index (χ1n) is 11.7. The average Bonchev–Trinajstić information content (AvgIpc) is 2.72. The number of hydrogen-bond acceptors (Lipinski definition) is 7. The fourth-order valence-corrected chi connectivity index (χ4v) is 3.07. The lowest BCUT2D eigenvalue weighted by molar-refractivity contribution is -0.145. The van der Waals surface area contributed by atoms with Crippen molar-refractivity contribution in [2.24, 2.45) is 0 Å². The highest BCUT2D eigenvalue weighted by atomic mass is 16.4. The Morgan fingerprint density at radius 1 is 0.742 bits per heavy atom. The average molecular weight is 451 g/mol. The molecule has 0 aliphatic carbocycles. The maximum atomic E-state index is 10.8. The molecule has 0 saturated carbocycles. The van der Waals surface area contributed by atoms with E-state index in [0.717, 1.165) is 12.8 Å². The molecular weight excluding hydrogens is 404 g/mol. The smallest absolute Gasteiger partial charge is 0.321 e. The second kappa shape index (κ2) is 25.0. The van der Waals surface area contributed by atoms with Gasteiger partial charge in [0.1, 0.15) is 6.04 Å². The summed E-state index contributed by atoms with van der Waals surface area (Å²) in [7, 11) is 0. The zero-order chi connectivity index (χ0) is 23.7. The summed E-state index contributed by atoms with van der Waals surface area (Å²) in [6, 6.07) is -0.971. The van der Waals surface area contributed by atoms with Crippen molar-refractivity contribution in [3.8, 4) is 0 Å². The molecule has 0 fully saturated rings. The number of aliphatic carboxylic acids is 2. The number of carbonyl (C=O) groups is 2. The molecule has 0 saturated heterocycles. The Balaban J connectivity index is 0. The molecule has 0 aromatic heterocycles. The van der Waals surface area contributed by atoms with Gasteiger partial charge in [-0.15, -0.1) is 0 Å². The summed E-state index contributed by atoms with van der Waals surface area (Å²) in [6.45, 7) is 4.55. The summed E-state index contributed by atoms with van der Waals surface area (Å²) < 4.78 is 0. The minimum Gasteiger partial charge on any atom is -0.481 e. The van der Waals surface area contributed by atoms with Gasteiger partial charge < -0.3 is 30.8 Å². The van der Waals surface area contributed by atoms with E-state index in [-0.39, 0.29) is 26.2 Å². The first-order valence-corrected chi connectivity index (χ1v) is 11.7. The first kappa shape index (κ1) is 31.9. The van der Waals surface area contributed by atoms with Gasteiger partial charge >= 0.3 is 11.9 Å². The summed E-state index contributed by atoms with van der Waals surface area (Å²) in [6.07, 6.45) is 11.9. The Morgan fingerprint density at radius 2 is 1.16 bits per heavy atom. The number of carboxylic acid groups (broad SMARTS) is 2. The van der Waals surface area contributed by atoms with Crippen LogP contribution in [0.4, 0.5) is 0 Å². The number of carboxylic acids is 2. The van der Waals surface area contributed by atoms with Crippen molar-refractivity contribution in [2.45, 2.75) is 83.6 Å². The fraction of sp³-hybridized carbons (Fsp3) is 0.909. The Morgan fingerprint density at radius 3 is 1.52 bits per heavy atom. The van der Waals surface area contributed by atoms with Gasteiger partial charge in [0.05, 0.1) is 26.2 Å². The van der Waals surface area contributed by atoms with Gasteiger partial charge in [0.25, 0.3) is 0 Å². The second-order valence-electron chi connectivity index (χ2n) is 7.64. The van der Waals surface area contributed by atoms with E-state index < -0.39 is 18.0 Å². The highest BCUT2D eigenvalue weighted by molar-refractivity contribution is 5.80. The molecule has 0 bridgehead atoms. The van der Waals surface area contributed by atoms with Crippen LogP contribution in [0.1, 0.15) is 77.6 Å². The largest absolute Gasteiger partial charge is 0.481 e. The molecule has 6 N–H and O–H groups in total. The maximum absolute atomic E-state index is 10.8. The van der Waals surface area contributed by atoms with Crippen molar-refractivity contribution < 1.29 is 35.1 Å². The van der Waals surface area contributed by atoms with Crippen molar-refractivity contribution in [2.75, 3.05) is 46.0 Å². The molecule has 0 unspecified atom stereocenters. The van der Waals surface area contributed by atoms with Gasteiger partial charge in [0.2, 0.25) is 0 Å². The van der Waals surface area contributed by atoms with Gasteiger partial charge in [-0.05, 0) is 13.0 Å². The first-order chi connectivity index (χ1) is 14.9. The van der Waals surface area contributed by atoms with Crippen LogP contribution < -0.4 is 5.32 Å². The van der Waals surface area contributed by atoms with Crippen LogP contribution in [0.25, 0.3) is 0 Å². The van der Waals surface area contributed by atoms with Crippen LogP contribution in [0.15, 0.2) is 0 Å². The van der Waals surface area contributed by atoms with E-state index >= 15 is 0 Å². The maximum Gasteiger partial charge on any atom is 0.321 e. The van der Waals surface area contributed by atoms with Gasteiger partial charge in [0, 0.05) is 19.6 Å². The summed E-state index contributed by atoms with van der Waals surface area (Å²) in [5.74, 6) is -2.18. The Bertz CT molecular complexity index is 397. The lowest BCUT2D eigenvalue weighted by Crippen LogP contribution is -2.39. The normalized spacial score (nSPS) is 11.8. The molecule has 9 nitrogen and oxygen atoms in total. The third-order valence-corrected chi connectivity index (χ3v) is 4.85. The molecule has 9 heteroatoms. The van der Waals surface area contributed by atoms with Gasteiger partial charge in [-0.3, -0.25) is 14.5 Å². The molecular formula is C22H46N2O7. The van der Waals surface area contributed by atoms with Gasteiger partial charge in [-0.25, -0.2) is 0 Å². The molecule has 31 heavy (non-hydrogen) atoms. The summed E-state index contributed by atoms with van der Waals surface area (Å²) in [5, 5.41) is 45.7. The zero-order valence-electron chi connectivity index (χ0n) is 19.3. The van der Waals surface area contributed by atoms with Gasteiger partial charge in [-0.1, -0.05) is 64.7 Å². The van der Waals surface area contributed by atoms with Crippen LogP contribution >= 0.6 is 0 Å². The Labute approximate surface area is 187 Å². The number of unbranched alkanes of at least 4 members (excludes halogenated alkanes) is 9. The number of hydrogen-bond donors (Lipinski definition) is 6. The van der Waals surface area contributed by atoms with E-state index in [0.29, 0.717) is 26.2 Å². The summed E-state index contributed by atoms with van der Waals surface area (Å²) in [5.41, 5.74) is 0. The lowest BCUT2D eigenvalue weighted by Gasteiger charge is -2.17. The van der Waals surface area contributed by atoms with Crippen LogP contribution in [0.5, 0.6) is 0 Å². The van der Waals surface area contributed by atoms with Crippen LogP contribution in [-0.2, 0) is 9.59 Å². The highest BCUT2D eigenvalue weighted by Gasteiger charge is 2.19. The summed E-state index contributed by atoms with van der Waals surface area (Å²) >= 11 is 0. The minimum absolute atomic E-state index is 0.0694. The van der Waals surface area contributed by atoms with Gasteiger partial charge in [-0.2, -0.15) is 0 Å². The fourth-order valence-electron chi connectivity index (χ4n) is 3.07. The molecule has 186 valence electrons. The van der Waals surface area contributed by atoms with E-state index in [1.54, 1.807) is 4.90 Å². The number of aliphatic hydroxyl groups is 3. The van der Waals surface area contributed by atoms with Crippen molar-refractivity contribution in [1.82, 2.24) is 10.2 Å². The van der Waals surface area contributed by atoms with E-state index in [2.05, 4.69) is 12.2 Å². The topological polar surface area (TPSA) is 151 Å². The zero-order valence-corrected chi connectivity index (χ0v) is 19.3. The SMILES string of the molecule is CCCCCCCCCCCCN[C@@H](CC(=O)O)C(=O)O.OCCN(CCO)CCO. The van der Waals surface area contributed by atoms with Crippen LogP contribution in [0, 0.1) is 0 Å². The minimum atomic E-state index is -1.09. The van der Waals surface area contributed by atoms with E-state index in [1.165, 1.54) is 51.4 Å². The number of aliphatic hydroxyl groups excluding tert-OH is 3.